The van der Waals surface area contributed by atoms with Gasteiger partial charge in [-0.05, 0) is 50.5 Å². The molecule has 3 heterocycles. The van der Waals surface area contributed by atoms with Gasteiger partial charge in [-0.3, -0.25) is 4.79 Å². The van der Waals surface area contributed by atoms with Crippen molar-refractivity contribution in [3.8, 4) is 11.4 Å². The van der Waals surface area contributed by atoms with Gasteiger partial charge in [0.2, 0.25) is 11.9 Å². The Morgan fingerprint density at radius 3 is 2.67 bits per heavy atom. The molecule has 2 aromatic heterocycles. The van der Waals surface area contributed by atoms with Crippen LogP contribution in [0.25, 0.3) is 27.9 Å². The first-order valence-electron chi connectivity index (χ1n) is 11.5. The number of aromatic nitrogens is 4. The van der Waals surface area contributed by atoms with Crippen LogP contribution in [0, 0.1) is 12.8 Å². The van der Waals surface area contributed by atoms with Gasteiger partial charge in [0.15, 0.2) is 11.5 Å². The van der Waals surface area contributed by atoms with Gasteiger partial charge in [-0.1, -0.05) is 35.9 Å². The van der Waals surface area contributed by atoms with Crippen LogP contribution in [0.2, 0.25) is 5.02 Å². The molecule has 0 bridgehead atoms. The van der Waals surface area contributed by atoms with E-state index in [1.54, 1.807) is 0 Å². The highest BCUT2D eigenvalue weighted by Gasteiger charge is 2.38. The molecule has 6 rings (SSSR count). The van der Waals surface area contributed by atoms with E-state index in [1.807, 2.05) is 35.2 Å². The number of benzene rings is 2. The molecule has 1 saturated heterocycles. The van der Waals surface area contributed by atoms with Crippen molar-refractivity contribution in [2.75, 3.05) is 24.5 Å². The van der Waals surface area contributed by atoms with Crippen molar-refractivity contribution in [3.05, 3.63) is 53.1 Å². The number of anilines is 1. The van der Waals surface area contributed by atoms with Crippen LogP contribution in [0.3, 0.4) is 0 Å². The number of piperazine rings is 1. The summed E-state index contributed by atoms with van der Waals surface area (Å²) in [6, 6.07) is 14.0. The van der Waals surface area contributed by atoms with Crippen molar-refractivity contribution in [3.63, 3.8) is 0 Å². The molecule has 0 radical (unpaired) electrons. The molecule has 1 aliphatic carbocycles. The van der Waals surface area contributed by atoms with Crippen molar-refractivity contribution in [2.24, 2.45) is 5.92 Å². The Labute approximate surface area is 197 Å². The van der Waals surface area contributed by atoms with Crippen molar-refractivity contribution in [1.82, 2.24) is 24.5 Å². The van der Waals surface area contributed by atoms with E-state index < -0.39 is 0 Å². The van der Waals surface area contributed by atoms with Crippen LogP contribution in [0.15, 0.2) is 42.5 Å². The summed E-state index contributed by atoms with van der Waals surface area (Å²) in [5.74, 6) is 2.09. The first-order chi connectivity index (χ1) is 16.0. The van der Waals surface area contributed by atoms with E-state index in [2.05, 4.69) is 45.5 Å². The third kappa shape index (κ3) is 3.42. The quantitative estimate of drug-likeness (QED) is 0.454. The molecule has 1 aliphatic heterocycles. The average molecular weight is 461 g/mol. The third-order valence-corrected chi connectivity index (χ3v) is 7.03. The second-order valence-corrected chi connectivity index (χ2v) is 9.61. The fourth-order valence-electron chi connectivity index (χ4n) is 4.83. The Kier molecular flexibility index (Phi) is 4.76. The molecular formula is C25H25ClN6O. The normalized spacial score (nSPS) is 18.9. The summed E-state index contributed by atoms with van der Waals surface area (Å²) < 4.78 is 2.06. The molecule has 168 valence electrons. The van der Waals surface area contributed by atoms with E-state index in [0.717, 1.165) is 52.3 Å². The van der Waals surface area contributed by atoms with Gasteiger partial charge in [0, 0.05) is 47.6 Å². The molecule has 1 saturated carbocycles. The molecule has 1 amide bonds. The zero-order valence-electron chi connectivity index (χ0n) is 18.7. The number of hydrogen-bond acceptors (Lipinski definition) is 5. The minimum atomic E-state index is 0.108. The Morgan fingerprint density at radius 2 is 1.91 bits per heavy atom. The lowest BCUT2D eigenvalue weighted by Crippen LogP contribution is -2.55. The van der Waals surface area contributed by atoms with Gasteiger partial charge in [0.05, 0.1) is 5.52 Å². The highest BCUT2D eigenvalue weighted by molar-refractivity contribution is 6.31. The first-order valence-corrected chi connectivity index (χ1v) is 11.8. The zero-order chi connectivity index (χ0) is 22.7. The molecule has 0 spiro atoms. The Bertz CT molecular complexity index is 1390. The van der Waals surface area contributed by atoms with Crippen LogP contribution >= 0.6 is 11.6 Å². The number of nitrogens with zero attached hydrogens (tertiary/aromatic N) is 6. The predicted molar refractivity (Wildman–Crippen MR) is 130 cm³/mol. The van der Waals surface area contributed by atoms with Gasteiger partial charge in [-0.2, -0.15) is 0 Å². The topological polar surface area (TPSA) is 66.6 Å². The molecular weight excluding hydrogens is 436 g/mol. The maximum atomic E-state index is 12.7. The van der Waals surface area contributed by atoms with Crippen LogP contribution in [0.1, 0.15) is 25.3 Å². The fraction of sp³-hybridized carbons (Fsp3) is 0.360. The van der Waals surface area contributed by atoms with Gasteiger partial charge >= 0.3 is 0 Å². The Hall–Kier alpha value is -3.19. The highest BCUT2D eigenvalue weighted by Crippen LogP contribution is 2.34. The van der Waals surface area contributed by atoms with Crippen LogP contribution in [0.4, 0.5) is 5.95 Å². The smallest absolute Gasteiger partial charge is 0.226 e. The number of fused-ring (bicyclic) bond motifs is 3. The van der Waals surface area contributed by atoms with Gasteiger partial charge in [-0.25, -0.2) is 9.38 Å². The predicted octanol–water partition coefficient (Wildman–Crippen LogP) is 4.35. The fourth-order valence-corrected chi connectivity index (χ4v) is 5.00. The Morgan fingerprint density at radius 1 is 1.09 bits per heavy atom. The summed E-state index contributed by atoms with van der Waals surface area (Å²) in [6.07, 6.45) is 2.06. The lowest BCUT2D eigenvalue weighted by molar-refractivity contribution is -0.134. The molecule has 2 aromatic carbocycles. The second-order valence-electron chi connectivity index (χ2n) is 9.17. The maximum absolute atomic E-state index is 12.7. The van der Waals surface area contributed by atoms with Crippen molar-refractivity contribution in [1.29, 1.82) is 0 Å². The van der Waals surface area contributed by atoms with E-state index in [0.29, 0.717) is 30.6 Å². The number of hydrogen-bond donors (Lipinski definition) is 0. The summed E-state index contributed by atoms with van der Waals surface area (Å²) in [4.78, 5) is 22.1. The molecule has 33 heavy (non-hydrogen) atoms. The van der Waals surface area contributed by atoms with Gasteiger partial charge < -0.3 is 9.80 Å². The Balaban J connectivity index is 1.50. The monoisotopic (exact) mass is 460 g/mol. The van der Waals surface area contributed by atoms with Crippen LogP contribution in [0.5, 0.6) is 0 Å². The molecule has 4 aromatic rings. The molecule has 1 atom stereocenters. The van der Waals surface area contributed by atoms with Crippen molar-refractivity contribution >= 4 is 40.0 Å². The largest absolute Gasteiger partial charge is 0.338 e. The molecule has 0 N–H and O–H groups in total. The molecule has 7 nitrogen and oxygen atoms in total. The zero-order valence-corrected chi connectivity index (χ0v) is 19.5. The van der Waals surface area contributed by atoms with Crippen LogP contribution < -0.4 is 4.90 Å². The molecule has 2 aliphatic rings. The van der Waals surface area contributed by atoms with Gasteiger partial charge in [-0.15, -0.1) is 10.2 Å². The van der Waals surface area contributed by atoms with Crippen LogP contribution in [-0.4, -0.2) is 56.1 Å². The summed E-state index contributed by atoms with van der Waals surface area (Å²) in [6.45, 7) is 6.31. The SMILES string of the molecule is Cc1ccccc1-c1nnc2c3ccc(Cl)cc3nc(N3CCN(C(=O)C4CC4)C(C)C3)n12. The summed E-state index contributed by atoms with van der Waals surface area (Å²) in [7, 11) is 0. The number of halogens is 1. The standard InChI is InChI=1S/C25H25ClN6O/c1-15-5-3-4-6-19(15)22-28-29-23-20-10-9-18(26)13-21(20)27-25(32(22)23)30-11-12-31(16(2)14-30)24(33)17-7-8-17/h3-6,9-10,13,16-17H,7-8,11-12,14H2,1-2H3. The molecule has 2 fully saturated rings. The summed E-state index contributed by atoms with van der Waals surface area (Å²) >= 11 is 6.30. The lowest BCUT2D eigenvalue weighted by atomic mass is 10.1. The van der Waals surface area contributed by atoms with E-state index in [-0.39, 0.29) is 12.0 Å². The maximum Gasteiger partial charge on any atom is 0.226 e. The number of carbonyl (C=O) groups excluding carboxylic acids is 1. The number of rotatable bonds is 3. The van der Waals surface area contributed by atoms with Crippen molar-refractivity contribution in [2.45, 2.75) is 32.7 Å². The third-order valence-electron chi connectivity index (χ3n) is 6.79. The van der Waals surface area contributed by atoms with E-state index >= 15 is 0 Å². The molecule has 1 unspecified atom stereocenters. The van der Waals surface area contributed by atoms with E-state index in [1.165, 1.54) is 0 Å². The van der Waals surface area contributed by atoms with Crippen LogP contribution in [-0.2, 0) is 4.79 Å². The molecule has 8 heteroatoms. The first kappa shape index (κ1) is 20.4. The highest BCUT2D eigenvalue weighted by atomic mass is 35.5. The van der Waals surface area contributed by atoms with Crippen molar-refractivity contribution < 1.29 is 4.79 Å². The van der Waals surface area contributed by atoms with E-state index in [9.17, 15) is 4.79 Å². The minimum Gasteiger partial charge on any atom is -0.338 e. The summed E-state index contributed by atoms with van der Waals surface area (Å²) in [5, 5.41) is 10.7. The number of aryl methyl sites for hydroxylation is 1. The number of carbonyl (C=O) groups is 1. The van der Waals surface area contributed by atoms with E-state index in [4.69, 9.17) is 16.6 Å². The minimum absolute atomic E-state index is 0.108. The van der Waals surface area contributed by atoms with Gasteiger partial charge in [0.1, 0.15) is 0 Å². The lowest BCUT2D eigenvalue weighted by Gasteiger charge is -2.40. The number of amides is 1. The van der Waals surface area contributed by atoms with Gasteiger partial charge in [0.25, 0.3) is 0 Å². The second kappa shape index (κ2) is 7.70. The summed E-state index contributed by atoms with van der Waals surface area (Å²) in [5.41, 5.74) is 3.70. The average Bonchev–Trinajstić information content (AvgIpc) is 3.57.